The Morgan fingerprint density at radius 1 is 1.11 bits per heavy atom. The summed E-state index contributed by atoms with van der Waals surface area (Å²) in [4.78, 5) is 12.1. The number of fused-ring (bicyclic) bond motifs is 1. The van der Waals surface area contributed by atoms with Gasteiger partial charge in [0.05, 0.1) is 11.9 Å². The highest BCUT2D eigenvalue weighted by Crippen LogP contribution is 2.30. The maximum absolute atomic E-state index is 4.75. The summed E-state index contributed by atoms with van der Waals surface area (Å²) in [7, 11) is 0. The van der Waals surface area contributed by atoms with E-state index < -0.39 is 0 Å². The van der Waals surface area contributed by atoms with Gasteiger partial charge in [-0.3, -0.25) is 4.98 Å². The summed E-state index contributed by atoms with van der Waals surface area (Å²) in [6, 6.07) is 12.9. The molecule has 4 heterocycles. The number of hydrogen-bond donors (Lipinski definition) is 0. The molecule has 5 rings (SSSR count). The standard InChI is InChI=1S/C22H21N5S/c1-2-16-5-7-17(8-6-16)18-9-12-26(13-10-18)22-25-27-15-20(24-21(27)28-22)19-4-3-11-23-14-19/h3-9,11,14-15H,2,10,12-13H2,1H3. The molecule has 4 aromatic rings. The van der Waals surface area contributed by atoms with Gasteiger partial charge in [-0.15, -0.1) is 5.10 Å². The lowest BCUT2D eigenvalue weighted by Crippen LogP contribution is -2.28. The van der Waals surface area contributed by atoms with Gasteiger partial charge in [-0.25, -0.2) is 9.50 Å². The molecule has 28 heavy (non-hydrogen) atoms. The van der Waals surface area contributed by atoms with Crippen LogP contribution in [0.5, 0.6) is 0 Å². The lowest BCUT2D eigenvalue weighted by atomic mass is 9.98. The Bertz CT molecular complexity index is 1090. The topological polar surface area (TPSA) is 46.3 Å². The summed E-state index contributed by atoms with van der Waals surface area (Å²) >= 11 is 1.64. The normalized spacial score (nSPS) is 14.5. The lowest BCUT2D eigenvalue weighted by Gasteiger charge is -2.25. The maximum Gasteiger partial charge on any atom is 0.214 e. The van der Waals surface area contributed by atoms with Gasteiger partial charge in [-0.2, -0.15) is 0 Å². The highest BCUT2D eigenvalue weighted by atomic mass is 32.1. The van der Waals surface area contributed by atoms with Crippen LogP contribution in [0.25, 0.3) is 21.8 Å². The molecule has 1 aliphatic rings. The van der Waals surface area contributed by atoms with Gasteiger partial charge < -0.3 is 4.90 Å². The first-order valence-electron chi connectivity index (χ1n) is 9.60. The second kappa shape index (κ2) is 7.20. The molecule has 0 saturated carbocycles. The summed E-state index contributed by atoms with van der Waals surface area (Å²) in [6.45, 7) is 4.06. The number of anilines is 1. The van der Waals surface area contributed by atoms with E-state index in [4.69, 9.17) is 10.1 Å². The number of rotatable bonds is 4. The number of benzene rings is 1. The molecule has 0 saturated heterocycles. The van der Waals surface area contributed by atoms with Crippen molar-refractivity contribution in [1.82, 2.24) is 19.6 Å². The molecule has 0 N–H and O–H groups in total. The van der Waals surface area contributed by atoms with Crippen molar-refractivity contribution in [3.8, 4) is 11.3 Å². The molecule has 6 heteroatoms. The van der Waals surface area contributed by atoms with E-state index in [1.54, 1.807) is 17.5 Å². The van der Waals surface area contributed by atoms with Gasteiger partial charge in [0.1, 0.15) is 0 Å². The van der Waals surface area contributed by atoms with Crippen molar-refractivity contribution in [3.05, 3.63) is 72.2 Å². The fourth-order valence-electron chi connectivity index (χ4n) is 3.53. The fourth-order valence-corrected chi connectivity index (χ4v) is 4.45. The summed E-state index contributed by atoms with van der Waals surface area (Å²) in [5.74, 6) is 0. The van der Waals surface area contributed by atoms with Crippen LogP contribution in [0.2, 0.25) is 0 Å². The summed E-state index contributed by atoms with van der Waals surface area (Å²) in [5, 5.41) is 5.78. The molecular formula is C22H21N5S. The Morgan fingerprint density at radius 2 is 2.00 bits per heavy atom. The van der Waals surface area contributed by atoms with Gasteiger partial charge in [-0.1, -0.05) is 48.6 Å². The van der Waals surface area contributed by atoms with Crippen molar-refractivity contribution in [2.24, 2.45) is 0 Å². The van der Waals surface area contributed by atoms with E-state index in [1.807, 2.05) is 29.0 Å². The molecule has 0 unspecified atom stereocenters. The lowest BCUT2D eigenvalue weighted by molar-refractivity contribution is 0.807. The van der Waals surface area contributed by atoms with E-state index >= 15 is 0 Å². The number of aromatic nitrogens is 4. The number of imidazole rings is 1. The Kier molecular flexibility index (Phi) is 4.41. The Balaban J connectivity index is 1.33. The fraction of sp³-hybridized carbons (Fsp3) is 0.227. The molecule has 0 fully saturated rings. The van der Waals surface area contributed by atoms with E-state index in [1.165, 1.54) is 16.7 Å². The number of hydrogen-bond acceptors (Lipinski definition) is 5. The molecule has 140 valence electrons. The van der Waals surface area contributed by atoms with E-state index in [0.29, 0.717) is 0 Å². The zero-order chi connectivity index (χ0) is 18.9. The monoisotopic (exact) mass is 387 g/mol. The average molecular weight is 388 g/mol. The minimum absolute atomic E-state index is 0.886. The molecule has 1 aromatic carbocycles. The smallest absolute Gasteiger partial charge is 0.214 e. The zero-order valence-electron chi connectivity index (χ0n) is 15.7. The van der Waals surface area contributed by atoms with Crippen LogP contribution in [-0.2, 0) is 6.42 Å². The van der Waals surface area contributed by atoms with Crippen molar-refractivity contribution >= 4 is 27.0 Å². The second-order valence-electron chi connectivity index (χ2n) is 6.96. The number of pyridine rings is 1. The molecule has 3 aromatic heterocycles. The molecule has 0 amide bonds. The minimum atomic E-state index is 0.886. The van der Waals surface area contributed by atoms with E-state index in [0.717, 1.165) is 47.3 Å². The highest BCUT2D eigenvalue weighted by Gasteiger charge is 2.18. The third-order valence-electron chi connectivity index (χ3n) is 5.20. The minimum Gasteiger partial charge on any atom is -0.343 e. The predicted octanol–water partition coefficient (Wildman–Crippen LogP) is 4.71. The first-order valence-corrected chi connectivity index (χ1v) is 10.4. The van der Waals surface area contributed by atoms with Crippen molar-refractivity contribution < 1.29 is 0 Å². The van der Waals surface area contributed by atoms with Crippen molar-refractivity contribution in [3.63, 3.8) is 0 Å². The van der Waals surface area contributed by atoms with Crippen molar-refractivity contribution in [1.29, 1.82) is 0 Å². The SMILES string of the molecule is CCc1ccc(C2=CCN(c3nn4cc(-c5cccnc5)nc4s3)CC2)cc1. The van der Waals surface area contributed by atoms with Crippen molar-refractivity contribution in [2.75, 3.05) is 18.0 Å². The number of aryl methyl sites for hydroxylation is 1. The highest BCUT2D eigenvalue weighted by molar-refractivity contribution is 7.20. The Hall–Kier alpha value is -2.99. The van der Waals surface area contributed by atoms with Crippen molar-refractivity contribution in [2.45, 2.75) is 19.8 Å². The molecule has 0 radical (unpaired) electrons. The first-order chi connectivity index (χ1) is 13.8. The summed E-state index contributed by atoms with van der Waals surface area (Å²) in [5.41, 5.74) is 6.08. The maximum atomic E-state index is 4.75. The third-order valence-corrected chi connectivity index (χ3v) is 6.19. The molecule has 1 aliphatic heterocycles. The first kappa shape index (κ1) is 17.1. The summed E-state index contributed by atoms with van der Waals surface area (Å²) < 4.78 is 1.88. The van der Waals surface area contributed by atoms with E-state index in [2.05, 4.69) is 47.1 Å². The van der Waals surface area contributed by atoms with Gasteiger partial charge in [0, 0.05) is 31.0 Å². The average Bonchev–Trinajstić information content (AvgIpc) is 3.34. The molecule has 0 bridgehead atoms. The van der Waals surface area contributed by atoms with Gasteiger partial charge in [0.15, 0.2) is 0 Å². The van der Waals surface area contributed by atoms with Crippen LogP contribution in [-0.4, -0.2) is 32.7 Å². The van der Waals surface area contributed by atoms with Crippen LogP contribution in [0.3, 0.4) is 0 Å². The van der Waals surface area contributed by atoms with E-state index in [9.17, 15) is 0 Å². The predicted molar refractivity (Wildman–Crippen MR) is 115 cm³/mol. The second-order valence-corrected chi connectivity index (χ2v) is 7.89. The Morgan fingerprint density at radius 3 is 2.68 bits per heavy atom. The van der Waals surface area contributed by atoms with Gasteiger partial charge in [0.25, 0.3) is 0 Å². The quantitative estimate of drug-likeness (QED) is 0.509. The van der Waals surface area contributed by atoms with Gasteiger partial charge in [-0.05, 0) is 41.7 Å². The molecular weight excluding hydrogens is 366 g/mol. The van der Waals surface area contributed by atoms with Crippen LogP contribution in [0.4, 0.5) is 5.13 Å². The van der Waals surface area contributed by atoms with Gasteiger partial charge >= 0.3 is 0 Å². The molecule has 5 nitrogen and oxygen atoms in total. The summed E-state index contributed by atoms with van der Waals surface area (Å²) in [6.07, 6.45) is 10.0. The zero-order valence-corrected chi connectivity index (χ0v) is 16.6. The van der Waals surface area contributed by atoms with Crippen LogP contribution in [0, 0.1) is 0 Å². The molecule has 0 atom stereocenters. The van der Waals surface area contributed by atoms with Crippen LogP contribution in [0.15, 0.2) is 61.1 Å². The number of nitrogens with zero attached hydrogens (tertiary/aromatic N) is 5. The largest absolute Gasteiger partial charge is 0.343 e. The van der Waals surface area contributed by atoms with Crippen LogP contribution in [0.1, 0.15) is 24.5 Å². The van der Waals surface area contributed by atoms with Crippen LogP contribution >= 0.6 is 11.3 Å². The third kappa shape index (κ3) is 3.20. The van der Waals surface area contributed by atoms with Crippen LogP contribution < -0.4 is 4.90 Å². The Labute approximate surface area is 168 Å². The van der Waals surface area contributed by atoms with Gasteiger partial charge in [0.2, 0.25) is 10.1 Å². The molecule has 0 spiro atoms. The molecule has 0 aliphatic carbocycles. The van der Waals surface area contributed by atoms with E-state index in [-0.39, 0.29) is 0 Å².